The molecular weight excluding hydrogens is 378 g/mol. The summed E-state index contributed by atoms with van der Waals surface area (Å²) in [7, 11) is -2.04. The summed E-state index contributed by atoms with van der Waals surface area (Å²) in [6.45, 7) is 1.87. The van der Waals surface area contributed by atoms with Crippen molar-refractivity contribution in [3.8, 4) is 11.3 Å². The van der Waals surface area contributed by atoms with Crippen LogP contribution in [0.3, 0.4) is 0 Å². The summed E-state index contributed by atoms with van der Waals surface area (Å²) in [6, 6.07) is 16.4. The SMILES string of the molecule is CNS(=O)(=O)Cc1ccccc1CNC(=O)c1c(-c2ccccc2)noc1C. The van der Waals surface area contributed by atoms with Gasteiger partial charge in [0.05, 0.1) is 5.75 Å². The topological polar surface area (TPSA) is 101 Å². The van der Waals surface area contributed by atoms with Crippen molar-refractivity contribution < 1.29 is 17.7 Å². The van der Waals surface area contributed by atoms with E-state index in [1.807, 2.05) is 30.3 Å². The lowest BCUT2D eigenvalue weighted by atomic mass is 10.1. The second-order valence-electron chi connectivity index (χ2n) is 6.24. The van der Waals surface area contributed by atoms with E-state index in [9.17, 15) is 13.2 Å². The van der Waals surface area contributed by atoms with Crippen molar-refractivity contribution in [2.45, 2.75) is 19.2 Å². The largest absolute Gasteiger partial charge is 0.360 e. The van der Waals surface area contributed by atoms with E-state index in [-0.39, 0.29) is 18.2 Å². The van der Waals surface area contributed by atoms with Crippen LogP contribution in [0, 0.1) is 6.92 Å². The molecule has 0 aliphatic carbocycles. The van der Waals surface area contributed by atoms with Crippen LogP contribution < -0.4 is 10.0 Å². The summed E-state index contributed by atoms with van der Waals surface area (Å²) in [5.41, 5.74) is 2.98. The Bertz CT molecular complexity index is 1080. The highest BCUT2D eigenvalue weighted by atomic mass is 32.2. The molecule has 1 amide bonds. The van der Waals surface area contributed by atoms with Gasteiger partial charge in [-0.05, 0) is 25.1 Å². The summed E-state index contributed by atoms with van der Waals surface area (Å²) in [5, 5.41) is 6.86. The van der Waals surface area contributed by atoms with Gasteiger partial charge in [0.1, 0.15) is 17.0 Å². The lowest BCUT2D eigenvalue weighted by molar-refractivity contribution is 0.0950. The van der Waals surface area contributed by atoms with Gasteiger partial charge in [-0.3, -0.25) is 4.79 Å². The number of sulfonamides is 1. The highest BCUT2D eigenvalue weighted by molar-refractivity contribution is 7.88. The van der Waals surface area contributed by atoms with Gasteiger partial charge in [0.25, 0.3) is 5.91 Å². The molecule has 0 saturated carbocycles. The Morgan fingerprint density at radius 3 is 2.36 bits per heavy atom. The second-order valence-corrected chi connectivity index (χ2v) is 8.17. The highest BCUT2D eigenvalue weighted by Gasteiger charge is 2.21. The minimum absolute atomic E-state index is 0.156. The molecule has 0 fully saturated rings. The van der Waals surface area contributed by atoms with Crippen LogP contribution in [0.15, 0.2) is 59.1 Å². The fourth-order valence-electron chi connectivity index (χ4n) is 2.84. The lowest BCUT2D eigenvalue weighted by Crippen LogP contribution is -2.25. The standard InChI is InChI=1S/C20H21N3O4S/c1-14-18(19(23-27-14)15-8-4-3-5-9-15)20(24)22-12-16-10-6-7-11-17(16)13-28(25,26)21-2/h3-11,21H,12-13H2,1-2H3,(H,22,24). The molecular formula is C20H21N3O4S. The Kier molecular flexibility index (Phi) is 5.91. The van der Waals surface area contributed by atoms with Gasteiger partial charge in [0.2, 0.25) is 10.0 Å². The Morgan fingerprint density at radius 2 is 1.68 bits per heavy atom. The smallest absolute Gasteiger partial charge is 0.257 e. The number of amides is 1. The summed E-state index contributed by atoms with van der Waals surface area (Å²) >= 11 is 0. The number of hydrogen-bond donors (Lipinski definition) is 2. The predicted octanol–water partition coefficient (Wildman–Crippen LogP) is 2.63. The van der Waals surface area contributed by atoms with Crippen molar-refractivity contribution in [1.82, 2.24) is 15.2 Å². The zero-order valence-electron chi connectivity index (χ0n) is 15.6. The summed E-state index contributed by atoms with van der Waals surface area (Å²) < 4.78 is 31.3. The third kappa shape index (κ3) is 4.47. The van der Waals surface area contributed by atoms with Crippen molar-refractivity contribution in [2.24, 2.45) is 0 Å². The molecule has 3 rings (SSSR count). The van der Waals surface area contributed by atoms with Crippen LogP contribution in [-0.2, 0) is 22.3 Å². The first-order chi connectivity index (χ1) is 13.4. The highest BCUT2D eigenvalue weighted by Crippen LogP contribution is 2.25. The lowest BCUT2D eigenvalue weighted by Gasteiger charge is -2.11. The molecule has 1 heterocycles. The van der Waals surface area contributed by atoms with Crippen molar-refractivity contribution in [1.29, 1.82) is 0 Å². The Labute approximate surface area is 163 Å². The number of hydrogen-bond acceptors (Lipinski definition) is 5. The Balaban J connectivity index is 1.81. The van der Waals surface area contributed by atoms with Crippen LogP contribution in [0.4, 0.5) is 0 Å². The van der Waals surface area contributed by atoms with Gasteiger partial charge >= 0.3 is 0 Å². The molecule has 0 bridgehead atoms. The second kappa shape index (κ2) is 8.37. The maximum atomic E-state index is 12.8. The van der Waals surface area contributed by atoms with Crippen molar-refractivity contribution in [2.75, 3.05) is 7.05 Å². The molecule has 2 aromatic carbocycles. The molecule has 0 aliphatic rings. The summed E-state index contributed by atoms with van der Waals surface area (Å²) in [4.78, 5) is 12.8. The van der Waals surface area contributed by atoms with Gasteiger partial charge < -0.3 is 9.84 Å². The number of carbonyl (C=O) groups excluding carboxylic acids is 1. The number of aromatic nitrogens is 1. The molecule has 0 atom stereocenters. The fourth-order valence-corrected chi connectivity index (χ4v) is 3.68. The van der Waals surface area contributed by atoms with Gasteiger partial charge in [0, 0.05) is 12.1 Å². The third-order valence-electron chi connectivity index (χ3n) is 4.35. The van der Waals surface area contributed by atoms with Crippen LogP contribution in [0.2, 0.25) is 0 Å². The summed E-state index contributed by atoms with van der Waals surface area (Å²) in [5.74, 6) is -0.0665. The molecule has 0 unspecified atom stereocenters. The molecule has 28 heavy (non-hydrogen) atoms. The Hall–Kier alpha value is -2.97. The predicted molar refractivity (Wildman–Crippen MR) is 106 cm³/mol. The van der Waals surface area contributed by atoms with Gasteiger partial charge in [0.15, 0.2) is 0 Å². The molecule has 3 aromatic rings. The number of carbonyl (C=O) groups is 1. The van der Waals surface area contributed by atoms with E-state index in [0.717, 1.165) is 11.1 Å². The number of nitrogens with one attached hydrogen (secondary N) is 2. The number of aryl methyl sites for hydroxylation is 1. The van der Waals surface area contributed by atoms with E-state index in [1.165, 1.54) is 7.05 Å². The van der Waals surface area contributed by atoms with E-state index >= 15 is 0 Å². The fraction of sp³-hybridized carbons (Fsp3) is 0.200. The Morgan fingerprint density at radius 1 is 1.04 bits per heavy atom. The number of rotatable bonds is 7. The van der Waals surface area contributed by atoms with E-state index < -0.39 is 10.0 Å². The van der Waals surface area contributed by atoms with Crippen LogP contribution >= 0.6 is 0 Å². The summed E-state index contributed by atoms with van der Waals surface area (Å²) in [6.07, 6.45) is 0. The molecule has 0 aliphatic heterocycles. The average Bonchev–Trinajstić information content (AvgIpc) is 3.09. The maximum Gasteiger partial charge on any atom is 0.257 e. The van der Waals surface area contributed by atoms with Crippen molar-refractivity contribution >= 4 is 15.9 Å². The molecule has 8 heteroatoms. The molecule has 0 saturated heterocycles. The first-order valence-corrected chi connectivity index (χ1v) is 10.3. The molecule has 2 N–H and O–H groups in total. The monoisotopic (exact) mass is 399 g/mol. The van der Waals surface area contributed by atoms with Gasteiger partial charge in [-0.25, -0.2) is 13.1 Å². The molecule has 0 radical (unpaired) electrons. The van der Waals surface area contributed by atoms with Gasteiger partial charge in [-0.1, -0.05) is 59.8 Å². The maximum absolute atomic E-state index is 12.8. The number of benzene rings is 2. The first-order valence-electron chi connectivity index (χ1n) is 8.69. The zero-order valence-corrected chi connectivity index (χ0v) is 16.4. The first kappa shape index (κ1) is 19.8. The van der Waals surface area contributed by atoms with Gasteiger partial charge in [-0.15, -0.1) is 0 Å². The molecule has 1 aromatic heterocycles. The number of nitrogens with zero attached hydrogens (tertiary/aromatic N) is 1. The normalized spacial score (nSPS) is 11.4. The minimum Gasteiger partial charge on any atom is -0.360 e. The average molecular weight is 399 g/mol. The molecule has 0 spiro atoms. The van der Waals surface area contributed by atoms with Crippen molar-refractivity contribution in [3.63, 3.8) is 0 Å². The molecule has 7 nitrogen and oxygen atoms in total. The van der Waals surface area contributed by atoms with Crippen molar-refractivity contribution in [3.05, 3.63) is 77.0 Å². The van der Waals surface area contributed by atoms with E-state index in [1.54, 1.807) is 31.2 Å². The minimum atomic E-state index is -3.41. The quantitative estimate of drug-likeness (QED) is 0.636. The third-order valence-corrected chi connectivity index (χ3v) is 5.66. The van der Waals surface area contributed by atoms with Crippen LogP contribution in [-0.4, -0.2) is 26.5 Å². The van der Waals surface area contributed by atoms with Gasteiger partial charge in [-0.2, -0.15) is 0 Å². The van der Waals surface area contributed by atoms with E-state index in [4.69, 9.17) is 4.52 Å². The van der Waals surface area contributed by atoms with Crippen LogP contribution in [0.25, 0.3) is 11.3 Å². The van der Waals surface area contributed by atoms with E-state index in [2.05, 4.69) is 15.2 Å². The molecule has 146 valence electrons. The van der Waals surface area contributed by atoms with E-state index in [0.29, 0.717) is 22.6 Å². The van der Waals surface area contributed by atoms with Crippen LogP contribution in [0.1, 0.15) is 27.2 Å². The zero-order chi connectivity index (χ0) is 20.1. The van der Waals surface area contributed by atoms with Crippen LogP contribution in [0.5, 0.6) is 0 Å².